The fraction of sp³-hybridized carbons (Fsp3) is 0.625. The Kier molecular flexibility index (Phi) is 3.96. The number of aryl methyl sites for hydroxylation is 1. The van der Waals surface area contributed by atoms with Gasteiger partial charge in [0.25, 0.3) is 0 Å². The van der Waals surface area contributed by atoms with Gasteiger partial charge in [0, 0.05) is 0 Å². The molecule has 1 fully saturated rings. The van der Waals surface area contributed by atoms with Crippen LogP contribution >= 0.6 is 0 Å². The van der Waals surface area contributed by atoms with Gasteiger partial charge < -0.3 is 9.84 Å². The Morgan fingerprint density at radius 3 is 2.33 bits per heavy atom. The number of aliphatic hydroxyl groups excluding tert-OH is 1. The van der Waals surface area contributed by atoms with Gasteiger partial charge in [-0.1, -0.05) is 32.9 Å². The van der Waals surface area contributed by atoms with Crippen LogP contribution in [0.25, 0.3) is 0 Å². The minimum absolute atomic E-state index is 0.0327. The van der Waals surface area contributed by atoms with Crippen molar-refractivity contribution in [2.45, 2.75) is 58.7 Å². The molecule has 1 N–H and O–H groups in total. The molecular weight excluding hydrogens is 224 g/mol. The molecule has 100 valence electrons. The predicted octanol–water partition coefficient (Wildman–Crippen LogP) is 3.57. The second-order valence-corrected chi connectivity index (χ2v) is 6.38. The maximum atomic E-state index is 10.0. The van der Waals surface area contributed by atoms with Crippen molar-refractivity contribution in [1.82, 2.24) is 0 Å². The van der Waals surface area contributed by atoms with Gasteiger partial charge in [0.1, 0.15) is 5.75 Å². The van der Waals surface area contributed by atoms with Gasteiger partial charge in [0.05, 0.1) is 12.2 Å². The summed E-state index contributed by atoms with van der Waals surface area (Å²) in [6.07, 6.45) is 4.33. The van der Waals surface area contributed by atoms with E-state index in [-0.39, 0.29) is 11.5 Å². The molecule has 2 nitrogen and oxygen atoms in total. The van der Waals surface area contributed by atoms with Crippen molar-refractivity contribution >= 4 is 0 Å². The van der Waals surface area contributed by atoms with Crippen LogP contribution in [-0.2, 0) is 6.42 Å². The first kappa shape index (κ1) is 13.4. The topological polar surface area (TPSA) is 29.5 Å². The maximum Gasteiger partial charge on any atom is 0.119 e. The Bertz CT molecular complexity index is 371. The molecule has 0 saturated heterocycles. The van der Waals surface area contributed by atoms with Crippen molar-refractivity contribution in [3.8, 4) is 5.75 Å². The molecular formula is C16H24O2. The maximum absolute atomic E-state index is 10.0. The molecule has 0 amide bonds. The van der Waals surface area contributed by atoms with Crippen LogP contribution in [0.5, 0.6) is 5.75 Å². The zero-order valence-corrected chi connectivity index (χ0v) is 11.6. The molecule has 18 heavy (non-hydrogen) atoms. The van der Waals surface area contributed by atoms with E-state index in [0.717, 1.165) is 18.6 Å². The van der Waals surface area contributed by atoms with Gasteiger partial charge in [0.2, 0.25) is 0 Å². The summed E-state index contributed by atoms with van der Waals surface area (Å²) in [4.78, 5) is 0. The molecule has 0 bridgehead atoms. The Morgan fingerprint density at radius 2 is 1.83 bits per heavy atom. The lowest BCUT2D eigenvalue weighted by molar-refractivity contribution is 0.0560. The molecule has 1 atom stereocenters. The highest BCUT2D eigenvalue weighted by Gasteiger charge is 2.23. The molecule has 0 aromatic heterocycles. The van der Waals surface area contributed by atoms with Crippen molar-refractivity contribution in [2.75, 3.05) is 0 Å². The average Bonchev–Trinajstić information content (AvgIpc) is 3.10. The lowest BCUT2D eigenvalue weighted by Gasteiger charge is -2.25. The minimum atomic E-state index is -0.250. The van der Waals surface area contributed by atoms with Crippen molar-refractivity contribution in [3.05, 3.63) is 29.8 Å². The van der Waals surface area contributed by atoms with Crippen LogP contribution < -0.4 is 4.74 Å². The van der Waals surface area contributed by atoms with E-state index in [0.29, 0.717) is 6.10 Å². The quantitative estimate of drug-likeness (QED) is 0.863. The van der Waals surface area contributed by atoms with Crippen molar-refractivity contribution in [3.63, 3.8) is 0 Å². The fourth-order valence-corrected chi connectivity index (χ4v) is 1.85. The number of aliphatic hydroxyl groups is 1. The van der Waals surface area contributed by atoms with E-state index in [1.54, 1.807) is 0 Å². The summed E-state index contributed by atoms with van der Waals surface area (Å²) >= 11 is 0. The van der Waals surface area contributed by atoms with E-state index in [4.69, 9.17) is 4.74 Å². The van der Waals surface area contributed by atoms with Gasteiger partial charge in [-0.05, 0) is 48.8 Å². The van der Waals surface area contributed by atoms with Crippen LogP contribution in [0.1, 0.15) is 45.6 Å². The van der Waals surface area contributed by atoms with E-state index < -0.39 is 0 Å². The zero-order chi connectivity index (χ0) is 13.2. The van der Waals surface area contributed by atoms with E-state index in [1.807, 2.05) is 12.1 Å². The highest BCUT2D eigenvalue weighted by Crippen LogP contribution is 2.27. The third-order valence-electron chi connectivity index (χ3n) is 3.46. The van der Waals surface area contributed by atoms with Crippen molar-refractivity contribution in [2.24, 2.45) is 5.41 Å². The summed E-state index contributed by atoms with van der Waals surface area (Å²) in [5.74, 6) is 0.970. The minimum Gasteiger partial charge on any atom is -0.490 e. The van der Waals surface area contributed by atoms with Crippen molar-refractivity contribution < 1.29 is 9.84 Å². The van der Waals surface area contributed by atoms with Gasteiger partial charge in [-0.2, -0.15) is 0 Å². The first-order valence-electron chi connectivity index (χ1n) is 6.89. The molecule has 1 unspecified atom stereocenters. The van der Waals surface area contributed by atoms with E-state index in [1.165, 1.54) is 18.4 Å². The summed E-state index contributed by atoms with van der Waals surface area (Å²) in [5, 5.41) is 10.0. The molecule has 0 spiro atoms. The van der Waals surface area contributed by atoms with E-state index >= 15 is 0 Å². The van der Waals surface area contributed by atoms with E-state index in [9.17, 15) is 5.11 Å². The van der Waals surface area contributed by atoms with Crippen LogP contribution in [0.4, 0.5) is 0 Å². The fourth-order valence-electron chi connectivity index (χ4n) is 1.85. The first-order valence-corrected chi connectivity index (χ1v) is 6.89. The molecule has 1 aromatic carbocycles. The summed E-state index contributed by atoms with van der Waals surface area (Å²) in [5.41, 5.74) is 1.23. The molecule has 0 radical (unpaired) electrons. The Balaban J connectivity index is 1.82. The molecule has 1 aromatic rings. The SMILES string of the molecule is CC(C)(C)C(O)CCc1ccc(OC2CC2)cc1. The standard InChI is InChI=1S/C16H24O2/c1-16(2,3)15(17)11-6-12-4-7-13(8-5-12)18-14-9-10-14/h4-5,7-8,14-15,17H,6,9-11H2,1-3H3. The zero-order valence-electron chi connectivity index (χ0n) is 11.6. The second kappa shape index (κ2) is 5.31. The summed E-state index contributed by atoms with van der Waals surface area (Å²) in [6.45, 7) is 6.22. The number of ether oxygens (including phenoxy) is 1. The van der Waals surface area contributed by atoms with Crippen molar-refractivity contribution in [1.29, 1.82) is 0 Å². The summed E-state index contributed by atoms with van der Waals surface area (Å²) in [6, 6.07) is 8.29. The molecule has 0 aliphatic heterocycles. The first-order chi connectivity index (χ1) is 8.45. The van der Waals surface area contributed by atoms with Gasteiger partial charge >= 0.3 is 0 Å². The van der Waals surface area contributed by atoms with Crippen LogP contribution in [0, 0.1) is 5.41 Å². The largest absolute Gasteiger partial charge is 0.490 e. The normalized spacial score (nSPS) is 17.6. The Labute approximate surface area is 110 Å². The third-order valence-corrected chi connectivity index (χ3v) is 3.46. The Morgan fingerprint density at radius 1 is 1.22 bits per heavy atom. The van der Waals surface area contributed by atoms with E-state index in [2.05, 4.69) is 32.9 Å². The number of benzene rings is 1. The average molecular weight is 248 g/mol. The highest BCUT2D eigenvalue weighted by molar-refractivity contribution is 5.28. The van der Waals surface area contributed by atoms with Gasteiger partial charge in [-0.15, -0.1) is 0 Å². The number of hydrogen-bond acceptors (Lipinski definition) is 2. The van der Waals surface area contributed by atoms with Crippen LogP contribution in [0.3, 0.4) is 0 Å². The van der Waals surface area contributed by atoms with Gasteiger partial charge in [-0.3, -0.25) is 0 Å². The number of rotatable bonds is 5. The molecule has 1 aliphatic carbocycles. The summed E-state index contributed by atoms with van der Waals surface area (Å²) < 4.78 is 5.71. The van der Waals surface area contributed by atoms with Gasteiger partial charge in [-0.25, -0.2) is 0 Å². The van der Waals surface area contributed by atoms with Crippen LogP contribution in [-0.4, -0.2) is 17.3 Å². The monoisotopic (exact) mass is 248 g/mol. The molecule has 0 heterocycles. The molecule has 2 rings (SSSR count). The lowest BCUT2D eigenvalue weighted by Crippen LogP contribution is -2.26. The van der Waals surface area contributed by atoms with Crippen LogP contribution in [0.2, 0.25) is 0 Å². The molecule has 1 aliphatic rings. The third kappa shape index (κ3) is 4.02. The highest BCUT2D eigenvalue weighted by atomic mass is 16.5. The Hall–Kier alpha value is -1.02. The predicted molar refractivity (Wildman–Crippen MR) is 73.9 cm³/mol. The second-order valence-electron chi connectivity index (χ2n) is 6.38. The summed E-state index contributed by atoms with van der Waals surface area (Å²) in [7, 11) is 0. The lowest BCUT2D eigenvalue weighted by atomic mass is 9.86. The molecule has 1 saturated carbocycles. The van der Waals surface area contributed by atoms with Gasteiger partial charge in [0.15, 0.2) is 0 Å². The van der Waals surface area contributed by atoms with Crippen LogP contribution in [0.15, 0.2) is 24.3 Å². The smallest absolute Gasteiger partial charge is 0.119 e. The number of hydrogen-bond donors (Lipinski definition) is 1. The molecule has 2 heteroatoms.